The maximum absolute atomic E-state index is 5.66. The van der Waals surface area contributed by atoms with Crippen molar-refractivity contribution in [3.63, 3.8) is 0 Å². The van der Waals surface area contributed by atoms with Crippen LogP contribution < -0.4 is 16.2 Å². The molecule has 3 heteroatoms. The van der Waals surface area contributed by atoms with E-state index in [4.69, 9.17) is 16.2 Å². The van der Waals surface area contributed by atoms with Gasteiger partial charge in [-0.1, -0.05) is 13.0 Å². The number of benzene rings is 1. The van der Waals surface area contributed by atoms with Crippen molar-refractivity contribution in [3.8, 4) is 5.75 Å². The van der Waals surface area contributed by atoms with E-state index >= 15 is 0 Å². The lowest BCUT2D eigenvalue weighted by molar-refractivity contribution is 0.321. The lowest BCUT2D eigenvalue weighted by atomic mass is 10.2. The zero-order chi connectivity index (χ0) is 8.97. The third kappa shape index (κ3) is 1.81. The van der Waals surface area contributed by atoms with Crippen molar-refractivity contribution < 1.29 is 4.74 Å². The van der Waals surface area contributed by atoms with Gasteiger partial charge in [-0.15, -0.1) is 0 Å². The number of nitrogens with two attached hydrogens (primary N) is 2. The highest BCUT2D eigenvalue weighted by Crippen LogP contribution is 2.28. The molecule has 1 aromatic carbocycles. The molecule has 0 aliphatic rings. The van der Waals surface area contributed by atoms with Crippen molar-refractivity contribution in [3.05, 3.63) is 18.2 Å². The van der Waals surface area contributed by atoms with Crippen LogP contribution in [0.2, 0.25) is 0 Å². The molecule has 0 atom stereocenters. The van der Waals surface area contributed by atoms with Crippen LogP contribution in [0.5, 0.6) is 5.75 Å². The van der Waals surface area contributed by atoms with Crippen molar-refractivity contribution in [2.75, 3.05) is 18.1 Å². The van der Waals surface area contributed by atoms with Gasteiger partial charge in [0.2, 0.25) is 0 Å². The predicted octanol–water partition coefficient (Wildman–Crippen LogP) is 1.64. The minimum atomic E-state index is 0.600. The first-order valence-electron chi connectivity index (χ1n) is 4.02. The van der Waals surface area contributed by atoms with Crippen LogP contribution in [0.3, 0.4) is 0 Å². The van der Waals surface area contributed by atoms with Crippen LogP contribution in [-0.4, -0.2) is 6.61 Å². The highest BCUT2D eigenvalue weighted by molar-refractivity contribution is 5.66. The van der Waals surface area contributed by atoms with Gasteiger partial charge < -0.3 is 16.2 Å². The summed E-state index contributed by atoms with van der Waals surface area (Å²) in [6.45, 7) is 2.69. The fourth-order valence-corrected chi connectivity index (χ4v) is 0.944. The van der Waals surface area contributed by atoms with E-state index in [2.05, 4.69) is 0 Å². The molecule has 0 unspecified atom stereocenters. The van der Waals surface area contributed by atoms with Crippen LogP contribution >= 0.6 is 0 Å². The van der Waals surface area contributed by atoms with Gasteiger partial charge in [-0.05, 0) is 18.6 Å². The third-order valence-corrected chi connectivity index (χ3v) is 1.53. The quantitative estimate of drug-likeness (QED) is 0.671. The molecule has 0 heterocycles. The lowest BCUT2D eigenvalue weighted by Crippen LogP contribution is -2.02. The standard InChI is InChI=1S/C9H14N2O/c1-2-6-12-9-7(10)4-3-5-8(9)11/h3-5H,2,6,10-11H2,1H3. The van der Waals surface area contributed by atoms with Gasteiger partial charge in [0.05, 0.1) is 18.0 Å². The van der Waals surface area contributed by atoms with Crippen LogP contribution in [0.15, 0.2) is 18.2 Å². The Hall–Kier alpha value is -1.38. The Labute approximate surface area is 72.3 Å². The Morgan fingerprint density at radius 3 is 2.33 bits per heavy atom. The zero-order valence-corrected chi connectivity index (χ0v) is 7.21. The van der Waals surface area contributed by atoms with Crippen molar-refractivity contribution in [1.29, 1.82) is 0 Å². The fraction of sp³-hybridized carbons (Fsp3) is 0.333. The molecule has 4 N–H and O–H groups in total. The molecule has 0 bridgehead atoms. The van der Waals surface area contributed by atoms with Crippen molar-refractivity contribution >= 4 is 11.4 Å². The average Bonchev–Trinajstić information content (AvgIpc) is 2.04. The summed E-state index contributed by atoms with van der Waals surface area (Å²) in [5, 5.41) is 0. The molecule has 0 saturated carbocycles. The maximum Gasteiger partial charge on any atom is 0.165 e. The highest BCUT2D eigenvalue weighted by Gasteiger charge is 2.02. The molecular formula is C9H14N2O. The van der Waals surface area contributed by atoms with Gasteiger partial charge in [-0.25, -0.2) is 0 Å². The second kappa shape index (κ2) is 3.85. The first-order valence-corrected chi connectivity index (χ1v) is 4.02. The van der Waals surface area contributed by atoms with Crippen LogP contribution in [0.1, 0.15) is 13.3 Å². The minimum Gasteiger partial charge on any atom is -0.489 e. The lowest BCUT2D eigenvalue weighted by Gasteiger charge is -2.09. The molecule has 66 valence electrons. The second-order valence-electron chi connectivity index (χ2n) is 2.61. The number of para-hydroxylation sites is 1. The Kier molecular flexibility index (Phi) is 2.80. The number of hydrogen-bond acceptors (Lipinski definition) is 3. The summed E-state index contributed by atoms with van der Waals surface area (Å²) in [5.74, 6) is 0.611. The number of ether oxygens (including phenoxy) is 1. The summed E-state index contributed by atoms with van der Waals surface area (Å²) < 4.78 is 5.37. The first kappa shape index (κ1) is 8.71. The van der Waals surface area contributed by atoms with Crippen molar-refractivity contribution in [1.82, 2.24) is 0 Å². The summed E-state index contributed by atoms with van der Waals surface area (Å²) in [5.41, 5.74) is 12.5. The van der Waals surface area contributed by atoms with Gasteiger partial charge in [0.25, 0.3) is 0 Å². The maximum atomic E-state index is 5.66. The van der Waals surface area contributed by atoms with Crippen LogP contribution in [0.25, 0.3) is 0 Å². The molecule has 12 heavy (non-hydrogen) atoms. The summed E-state index contributed by atoms with van der Waals surface area (Å²) >= 11 is 0. The second-order valence-corrected chi connectivity index (χ2v) is 2.61. The molecule has 0 fully saturated rings. The molecule has 0 radical (unpaired) electrons. The molecule has 0 aliphatic heterocycles. The van der Waals surface area contributed by atoms with E-state index in [1.807, 2.05) is 13.0 Å². The Bertz CT molecular complexity index is 240. The molecule has 1 rings (SSSR count). The highest BCUT2D eigenvalue weighted by atomic mass is 16.5. The van der Waals surface area contributed by atoms with E-state index in [9.17, 15) is 0 Å². The predicted molar refractivity (Wildman–Crippen MR) is 51.1 cm³/mol. The van der Waals surface area contributed by atoms with Gasteiger partial charge in [-0.2, -0.15) is 0 Å². The summed E-state index contributed by atoms with van der Waals surface area (Å²) in [4.78, 5) is 0. The Morgan fingerprint density at radius 1 is 1.25 bits per heavy atom. The molecule has 0 aromatic heterocycles. The summed E-state index contributed by atoms with van der Waals surface area (Å²) in [7, 11) is 0. The number of nitrogen functional groups attached to an aromatic ring is 2. The van der Waals surface area contributed by atoms with E-state index in [-0.39, 0.29) is 0 Å². The van der Waals surface area contributed by atoms with E-state index < -0.39 is 0 Å². The van der Waals surface area contributed by atoms with Gasteiger partial charge in [-0.3, -0.25) is 0 Å². The van der Waals surface area contributed by atoms with Crippen LogP contribution in [0.4, 0.5) is 11.4 Å². The van der Waals surface area contributed by atoms with Crippen LogP contribution in [-0.2, 0) is 0 Å². The largest absolute Gasteiger partial charge is 0.489 e. The SMILES string of the molecule is CCCOc1c(N)cccc1N. The fourth-order valence-electron chi connectivity index (χ4n) is 0.944. The molecular weight excluding hydrogens is 152 g/mol. The Balaban J connectivity index is 2.81. The van der Waals surface area contributed by atoms with Gasteiger partial charge in [0.15, 0.2) is 5.75 Å². The molecule has 0 saturated heterocycles. The van der Waals surface area contributed by atoms with Crippen LogP contribution in [0, 0.1) is 0 Å². The molecule has 0 spiro atoms. The number of hydrogen-bond donors (Lipinski definition) is 2. The summed E-state index contributed by atoms with van der Waals surface area (Å²) in [6.07, 6.45) is 0.952. The zero-order valence-electron chi connectivity index (χ0n) is 7.21. The smallest absolute Gasteiger partial charge is 0.165 e. The van der Waals surface area contributed by atoms with Gasteiger partial charge >= 0.3 is 0 Å². The number of anilines is 2. The monoisotopic (exact) mass is 166 g/mol. The summed E-state index contributed by atoms with van der Waals surface area (Å²) in [6, 6.07) is 5.37. The van der Waals surface area contributed by atoms with E-state index in [1.54, 1.807) is 12.1 Å². The van der Waals surface area contributed by atoms with Crippen molar-refractivity contribution in [2.24, 2.45) is 0 Å². The third-order valence-electron chi connectivity index (χ3n) is 1.53. The molecule has 3 nitrogen and oxygen atoms in total. The average molecular weight is 166 g/mol. The topological polar surface area (TPSA) is 61.3 Å². The Morgan fingerprint density at radius 2 is 1.83 bits per heavy atom. The normalized spacial score (nSPS) is 9.75. The van der Waals surface area contributed by atoms with Gasteiger partial charge in [0.1, 0.15) is 0 Å². The van der Waals surface area contributed by atoms with E-state index in [1.165, 1.54) is 0 Å². The van der Waals surface area contributed by atoms with E-state index in [0.717, 1.165) is 6.42 Å². The van der Waals surface area contributed by atoms with Gasteiger partial charge in [0, 0.05) is 0 Å². The number of rotatable bonds is 3. The minimum absolute atomic E-state index is 0.600. The molecule has 0 amide bonds. The van der Waals surface area contributed by atoms with Crippen molar-refractivity contribution in [2.45, 2.75) is 13.3 Å². The first-order chi connectivity index (χ1) is 5.75. The molecule has 1 aromatic rings. The van der Waals surface area contributed by atoms with E-state index in [0.29, 0.717) is 23.7 Å². The molecule has 0 aliphatic carbocycles.